The standard InChI is InChI=1S/C41H60N4O10S/c1-10-33-41(7,49)34-17-30(42)23(2)18-40(6,51-21-28(20-50-34)44-52-22-29-13-14-32(56-29)27-12-11-15-43-19-27)37(25(4)35(46)26(5)38(48)54-33)55-39-36(47)31(45(8)9)16-24(3)53-39/h11-15,19,23-26,31,33-34,36-37,39,42,47,49H,10,16-18,20-22H2,1-9H3/b42-30?,44-28-/t23-,24-,25+,26-,31+,33-,34-,36-,37-,39+,40-,41-/m1/s1. The largest absolute Gasteiger partial charge is 0.459 e. The fourth-order valence-corrected chi connectivity index (χ4v) is 8.89. The second-order valence-corrected chi connectivity index (χ2v) is 17.4. The Hall–Kier alpha value is -3.15. The van der Waals surface area contributed by atoms with E-state index in [1.54, 1.807) is 37.6 Å². The van der Waals surface area contributed by atoms with Crippen molar-refractivity contribution in [1.29, 1.82) is 5.41 Å². The van der Waals surface area contributed by atoms with Crippen LogP contribution >= 0.6 is 11.3 Å². The number of thiophene rings is 1. The lowest BCUT2D eigenvalue weighted by Gasteiger charge is -2.47. The molecule has 0 spiro atoms. The van der Waals surface area contributed by atoms with Gasteiger partial charge in [0.05, 0.1) is 37.1 Å². The molecule has 2 aromatic rings. The van der Waals surface area contributed by atoms with Gasteiger partial charge in [-0.05, 0) is 85.2 Å². The van der Waals surface area contributed by atoms with Crippen molar-refractivity contribution in [2.75, 3.05) is 27.3 Å². The first-order valence-electron chi connectivity index (χ1n) is 19.6. The lowest BCUT2D eigenvalue weighted by Crippen LogP contribution is -2.59. The summed E-state index contributed by atoms with van der Waals surface area (Å²) < 4.78 is 32.0. The molecular weight excluding hydrogens is 741 g/mol. The monoisotopic (exact) mass is 800 g/mol. The highest BCUT2D eigenvalue weighted by molar-refractivity contribution is 7.15. The van der Waals surface area contributed by atoms with Crippen molar-refractivity contribution in [3.63, 3.8) is 0 Å². The molecule has 0 amide bonds. The molecule has 5 heterocycles. The summed E-state index contributed by atoms with van der Waals surface area (Å²) in [4.78, 5) is 42.0. The van der Waals surface area contributed by atoms with Gasteiger partial charge in [0.2, 0.25) is 0 Å². The molecule has 2 aromatic heterocycles. The second-order valence-electron chi connectivity index (χ2n) is 16.3. The number of carbonyl (C=O) groups is 2. The molecule has 0 aliphatic carbocycles. The Labute approximate surface area is 334 Å². The molecule has 12 atom stereocenters. The van der Waals surface area contributed by atoms with Crippen molar-refractivity contribution in [3.05, 3.63) is 41.5 Å². The number of ether oxygens (including phenoxy) is 5. The molecule has 2 bridgehead atoms. The van der Waals surface area contributed by atoms with Crippen LogP contribution in [0.3, 0.4) is 0 Å². The summed E-state index contributed by atoms with van der Waals surface area (Å²) in [5.41, 5.74) is -1.45. The zero-order valence-corrected chi connectivity index (χ0v) is 34.9. The molecule has 0 radical (unpaired) electrons. The Morgan fingerprint density at radius 1 is 1.12 bits per heavy atom. The predicted octanol–water partition coefficient (Wildman–Crippen LogP) is 5.03. The van der Waals surface area contributed by atoms with Crippen molar-refractivity contribution in [2.24, 2.45) is 22.9 Å². The van der Waals surface area contributed by atoms with E-state index in [4.69, 9.17) is 28.5 Å². The predicted molar refractivity (Wildman–Crippen MR) is 211 cm³/mol. The first kappa shape index (κ1) is 44.0. The quantitative estimate of drug-likeness (QED) is 0.184. The number of nitrogens with one attached hydrogen (secondary N) is 1. The molecule has 0 unspecified atom stereocenters. The van der Waals surface area contributed by atoms with Crippen molar-refractivity contribution in [2.45, 2.75) is 135 Å². The van der Waals surface area contributed by atoms with E-state index < -0.39 is 71.4 Å². The van der Waals surface area contributed by atoms with E-state index in [1.165, 1.54) is 13.8 Å². The number of carbonyl (C=O) groups excluding carboxylic acids is 2. The summed E-state index contributed by atoms with van der Waals surface area (Å²) in [5.74, 6) is -3.90. The van der Waals surface area contributed by atoms with Crippen LogP contribution in [0, 0.1) is 23.2 Å². The molecule has 310 valence electrons. The molecule has 3 aliphatic heterocycles. The Bertz CT molecular complexity index is 1690. The number of hydrogen-bond acceptors (Lipinski definition) is 15. The van der Waals surface area contributed by atoms with Crippen LogP contribution in [0.25, 0.3) is 10.4 Å². The zero-order chi connectivity index (χ0) is 40.9. The molecule has 5 rings (SSSR count). The highest BCUT2D eigenvalue weighted by Crippen LogP contribution is 2.39. The van der Waals surface area contributed by atoms with Crippen molar-refractivity contribution < 1.29 is 48.3 Å². The minimum atomic E-state index is -1.75. The third-order valence-electron chi connectivity index (χ3n) is 11.5. The normalized spacial score (nSPS) is 37.4. The van der Waals surface area contributed by atoms with Gasteiger partial charge < -0.3 is 49.0 Å². The molecule has 0 aromatic carbocycles. The average molecular weight is 801 g/mol. The summed E-state index contributed by atoms with van der Waals surface area (Å²) in [6.45, 7) is 12.0. The summed E-state index contributed by atoms with van der Waals surface area (Å²) in [7, 11) is 3.76. The van der Waals surface area contributed by atoms with E-state index in [-0.39, 0.29) is 56.9 Å². The van der Waals surface area contributed by atoms with Crippen LogP contribution in [0.2, 0.25) is 0 Å². The van der Waals surface area contributed by atoms with Gasteiger partial charge in [0.1, 0.15) is 29.4 Å². The highest BCUT2D eigenvalue weighted by Gasteiger charge is 2.51. The van der Waals surface area contributed by atoms with Crippen molar-refractivity contribution in [3.8, 4) is 10.4 Å². The number of hydrogen-bond donors (Lipinski definition) is 3. The minimum absolute atomic E-state index is 0.0147. The van der Waals surface area contributed by atoms with Crippen molar-refractivity contribution >= 4 is 34.5 Å². The van der Waals surface area contributed by atoms with E-state index in [0.717, 1.165) is 15.3 Å². The summed E-state index contributed by atoms with van der Waals surface area (Å²) in [6.07, 6.45) is -1.06. The van der Waals surface area contributed by atoms with E-state index in [1.807, 2.05) is 64.0 Å². The molecule has 3 fully saturated rings. The number of aliphatic hydroxyl groups is 2. The number of esters is 1. The molecule has 3 aliphatic rings. The number of oxime groups is 1. The Balaban J connectivity index is 1.55. The molecule has 15 heteroatoms. The first-order chi connectivity index (χ1) is 26.4. The zero-order valence-electron chi connectivity index (χ0n) is 34.1. The number of aromatic nitrogens is 1. The maximum Gasteiger partial charge on any atom is 0.316 e. The number of aliphatic hydroxyl groups excluding tert-OH is 1. The number of fused-ring (bicyclic) bond motifs is 5. The van der Waals surface area contributed by atoms with E-state index in [2.05, 4.69) is 10.1 Å². The van der Waals surface area contributed by atoms with Crippen LogP contribution in [-0.2, 0) is 44.7 Å². The van der Waals surface area contributed by atoms with Crippen LogP contribution in [0.1, 0.15) is 79.0 Å². The molecule has 3 N–H and O–H groups in total. The Kier molecular flexibility index (Phi) is 14.6. The van der Waals surface area contributed by atoms with E-state index in [0.29, 0.717) is 12.1 Å². The fraction of sp³-hybridized carbons (Fsp3) is 0.683. The summed E-state index contributed by atoms with van der Waals surface area (Å²) in [6, 6.07) is 7.55. The number of cyclic esters (lactones) is 1. The summed E-state index contributed by atoms with van der Waals surface area (Å²) in [5, 5.41) is 37.4. The van der Waals surface area contributed by atoms with Gasteiger partial charge in [-0.1, -0.05) is 32.0 Å². The molecule has 3 saturated heterocycles. The Morgan fingerprint density at radius 2 is 1.88 bits per heavy atom. The van der Waals surface area contributed by atoms with Gasteiger partial charge in [0.25, 0.3) is 0 Å². The molecule has 0 saturated carbocycles. The van der Waals surface area contributed by atoms with Gasteiger partial charge in [-0.3, -0.25) is 14.6 Å². The van der Waals surface area contributed by atoms with Crippen LogP contribution in [0.15, 0.2) is 41.8 Å². The molecular formula is C41H60N4O10S. The second kappa shape index (κ2) is 18.6. The van der Waals surface area contributed by atoms with Crippen LogP contribution in [0.5, 0.6) is 0 Å². The number of nitrogens with zero attached hydrogens (tertiary/aromatic N) is 3. The molecule has 56 heavy (non-hydrogen) atoms. The van der Waals surface area contributed by atoms with E-state index >= 15 is 0 Å². The average Bonchev–Trinajstić information content (AvgIpc) is 3.64. The van der Waals surface area contributed by atoms with Crippen LogP contribution < -0.4 is 0 Å². The lowest BCUT2D eigenvalue weighted by atomic mass is 9.76. The minimum Gasteiger partial charge on any atom is -0.459 e. The van der Waals surface area contributed by atoms with Crippen LogP contribution in [-0.4, -0.2) is 125 Å². The number of rotatable bonds is 8. The third kappa shape index (κ3) is 10.1. The number of likely N-dealkylation sites (N-methyl/N-ethyl adjacent to an activating group) is 1. The SMILES string of the molecule is CC[C@H]1OC(=O)[C@H](C)C(=O)[C@H](C)[C@@H](O[C@@H]2O[C@H](C)C[C@H](N(C)C)[C@H]2O)[C@@]2(C)C[C@@H](C)C(=N)C[C@@H](OC/C(=N/OCc3ccc(-c4cccnc4)s3)CO2)[C@]1(C)O. The van der Waals surface area contributed by atoms with Gasteiger partial charge >= 0.3 is 5.97 Å². The number of pyridine rings is 1. The topological polar surface area (TPSA) is 182 Å². The number of ketones is 1. The van der Waals surface area contributed by atoms with Gasteiger partial charge in [0.15, 0.2) is 18.7 Å². The number of Topliss-reactive ketones (excluding diaryl/α,β-unsaturated/α-hetero) is 1. The Morgan fingerprint density at radius 3 is 2.55 bits per heavy atom. The maximum atomic E-state index is 14.3. The maximum absolute atomic E-state index is 14.3. The van der Waals surface area contributed by atoms with Crippen LogP contribution in [0.4, 0.5) is 0 Å². The van der Waals surface area contributed by atoms with E-state index in [9.17, 15) is 25.2 Å². The lowest BCUT2D eigenvalue weighted by molar-refractivity contribution is -0.296. The van der Waals surface area contributed by atoms with Gasteiger partial charge in [-0.15, -0.1) is 11.3 Å². The fourth-order valence-electron chi connectivity index (χ4n) is 7.98. The van der Waals surface area contributed by atoms with Gasteiger partial charge in [-0.25, -0.2) is 0 Å². The first-order valence-corrected chi connectivity index (χ1v) is 20.4. The van der Waals surface area contributed by atoms with Gasteiger partial charge in [0, 0.05) is 51.8 Å². The highest BCUT2D eigenvalue weighted by atomic mass is 32.1. The third-order valence-corrected chi connectivity index (χ3v) is 12.6. The van der Waals surface area contributed by atoms with Gasteiger partial charge in [-0.2, -0.15) is 0 Å². The smallest absolute Gasteiger partial charge is 0.316 e. The van der Waals surface area contributed by atoms with Crippen molar-refractivity contribution in [1.82, 2.24) is 9.88 Å². The summed E-state index contributed by atoms with van der Waals surface area (Å²) >= 11 is 1.56. The molecule has 14 nitrogen and oxygen atoms in total.